The van der Waals surface area contributed by atoms with Crippen LogP contribution in [0.4, 0.5) is 0 Å². The topological polar surface area (TPSA) is 114 Å². The number of fused-ring (bicyclic) bond motifs is 3. The van der Waals surface area contributed by atoms with Gasteiger partial charge >= 0.3 is 0 Å². The maximum Gasteiger partial charge on any atom is 0.164 e. The molecule has 5 rings (SSSR count). The van der Waals surface area contributed by atoms with Crippen LogP contribution in [-0.4, -0.2) is 31.7 Å². The molecule has 3 aromatic heterocycles. The van der Waals surface area contributed by atoms with E-state index in [-0.39, 0.29) is 76.0 Å². The van der Waals surface area contributed by atoms with Crippen molar-refractivity contribution in [1.29, 1.82) is 0 Å². The number of aliphatic hydroxyl groups is 2. The van der Waals surface area contributed by atoms with Crippen LogP contribution in [0.1, 0.15) is 83.1 Å². The number of carbonyl (C=O) groups is 2. The van der Waals surface area contributed by atoms with Crippen LogP contribution >= 0.6 is 0 Å². The summed E-state index contributed by atoms with van der Waals surface area (Å²) in [7, 11) is 0. The first kappa shape index (κ1) is 47.4. The normalized spacial score (nSPS) is 12.4. The molecule has 0 aliphatic heterocycles. The molecule has 9 heteroatoms. The van der Waals surface area contributed by atoms with Gasteiger partial charge in [0.2, 0.25) is 0 Å². The first-order valence-electron chi connectivity index (χ1n) is 17.0. The molecule has 5 aromatic rings. The number of pyridine rings is 2. The summed E-state index contributed by atoms with van der Waals surface area (Å²) < 4.78 is 6.08. The molecule has 3 heterocycles. The number of nitrogens with zero attached hydrogens (tertiary/aromatic N) is 2. The van der Waals surface area contributed by atoms with Gasteiger partial charge in [-0.3, -0.25) is 9.59 Å². The first-order valence-corrected chi connectivity index (χ1v) is 17.0. The summed E-state index contributed by atoms with van der Waals surface area (Å²) in [5, 5.41) is 21.2. The molecule has 0 spiro atoms. The molecule has 290 valence electrons. The van der Waals surface area contributed by atoms with Gasteiger partial charge in [0.15, 0.2) is 11.6 Å². The molecule has 0 aliphatic carbocycles. The van der Waals surface area contributed by atoms with Crippen molar-refractivity contribution in [3.8, 4) is 22.5 Å². The summed E-state index contributed by atoms with van der Waals surface area (Å²) in [6.07, 6.45) is 6.22. The van der Waals surface area contributed by atoms with Gasteiger partial charge in [0.25, 0.3) is 0 Å². The van der Waals surface area contributed by atoms with Gasteiger partial charge in [0.1, 0.15) is 11.5 Å². The van der Waals surface area contributed by atoms with Crippen LogP contribution in [0.15, 0.2) is 101 Å². The summed E-state index contributed by atoms with van der Waals surface area (Å²) in [4.78, 5) is 31.7. The average Bonchev–Trinajstić information content (AvgIpc) is 3.41. The molecule has 0 radical (unpaired) electrons. The van der Waals surface area contributed by atoms with Crippen molar-refractivity contribution < 1.29 is 66.3 Å². The maximum absolute atomic E-state index is 11.5. The SMILES string of the molecule is CC(C)(C)C(=O)/C=C(\O)C(C)(C)C.CC(C)(C)C(=O)/C=C(\O)C(C)(C)C.[Pt].[Pt].[c-]1cc2c(cc1-c1ccccn1)oc1cc(-c3ccccn3)[c-]cc12. The van der Waals surface area contributed by atoms with Gasteiger partial charge in [0, 0.05) is 99.5 Å². The Morgan fingerprint density at radius 1 is 0.585 bits per heavy atom. The predicted octanol–water partition coefficient (Wildman–Crippen LogP) is 11.5. The van der Waals surface area contributed by atoms with Gasteiger partial charge in [-0.1, -0.05) is 118 Å². The molecule has 2 aromatic carbocycles. The van der Waals surface area contributed by atoms with E-state index >= 15 is 0 Å². The van der Waals surface area contributed by atoms with E-state index in [9.17, 15) is 19.8 Å². The number of carbonyl (C=O) groups excluding carboxylic acids is 2. The molecule has 0 aliphatic rings. The van der Waals surface area contributed by atoms with Crippen molar-refractivity contribution in [2.75, 3.05) is 0 Å². The number of benzene rings is 2. The van der Waals surface area contributed by atoms with Crippen LogP contribution in [-0.2, 0) is 51.7 Å². The Balaban J connectivity index is 0.000000433. The molecule has 0 bridgehead atoms. The third kappa shape index (κ3) is 13.9. The molecule has 7 nitrogen and oxygen atoms in total. The van der Waals surface area contributed by atoms with E-state index in [1.807, 2.05) is 144 Å². The summed E-state index contributed by atoms with van der Waals surface area (Å²) in [6.45, 7) is 22.2. The second-order valence-electron chi connectivity index (χ2n) is 16.6. The van der Waals surface area contributed by atoms with E-state index in [0.29, 0.717) is 0 Å². The number of hydrogen-bond acceptors (Lipinski definition) is 7. The molecular formula is C44H52N2O5Pt2-2. The van der Waals surface area contributed by atoms with Crippen molar-refractivity contribution in [1.82, 2.24) is 9.97 Å². The minimum absolute atomic E-state index is 0. The average molecular weight is 1080 g/mol. The van der Waals surface area contributed by atoms with Gasteiger partial charge in [-0.25, -0.2) is 0 Å². The second kappa shape index (κ2) is 19.1. The summed E-state index contributed by atoms with van der Waals surface area (Å²) in [6, 6.07) is 26.2. The largest absolute Gasteiger partial charge is 0.512 e. The third-order valence-corrected chi connectivity index (χ3v) is 7.77. The van der Waals surface area contributed by atoms with Crippen molar-refractivity contribution in [2.24, 2.45) is 21.7 Å². The van der Waals surface area contributed by atoms with E-state index < -0.39 is 10.8 Å². The van der Waals surface area contributed by atoms with Crippen LogP contribution in [0.2, 0.25) is 0 Å². The quantitative estimate of drug-likeness (QED) is 0.105. The Kier molecular flexibility index (Phi) is 17.1. The fourth-order valence-electron chi connectivity index (χ4n) is 4.11. The van der Waals surface area contributed by atoms with E-state index in [1.54, 1.807) is 12.4 Å². The van der Waals surface area contributed by atoms with Gasteiger partial charge in [-0.2, -0.15) is 0 Å². The van der Waals surface area contributed by atoms with Gasteiger partial charge < -0.3 is 24.6 Å². The van der Waals surface area contributed by atoms with Gasteiger partial charge in [-0.05, 0) is 23.5 Å². The van der Waals surface area contributed by atoms with Crippen LogP contribution in [0.3, 0.4) is 0 Å². The number of furan rings is 1. The molecule has 0 saturated heterocycles. The molecule has 0 fully saturated rings. The molecule has 0 saturated carbocycles. The van der Waals surface area contributed by atoms with E-state index in [0.717, 1.165) is 44.5 Å². The number of aromatic nitrogens is 2. The summed E-state index contributed by atoms with van der Waals surface area (Å²) in [5.41, 5.74) is 3.71. The van der Waals surface area contributed by atoms with Gasteiger partial charge in [-0.15, -0.1) is 47.5 Å². The molecule has 0 unspecified atom stereocenters. The van der Waals surface area contributed by atoms with Crippen LogP contribution in [0, 0.1) is 33.8 Å². The minimum Gasteiger partial charge on any atom is -0.512 e. The number of hydrogen-bond donors (Lipinski definition) is 2. The number of allylic oxidation sites excluding steroid dienone is 4. The third-order valence-electron chi connectivity index (χ3n) is 7.77. The Labute approximate surface area is 343 Å². The Hall–Kier alpha value is -3.66. The standard InChI is InChI=1S/C22H12N2O.2C11H20O2.2Pt/c1-3-11-23-19(5-1)15-7-9-17-18-10-8-16(20-6-2-4-12-24-20)14-22(18)25-21(17)13-15;2*1-10(2,3)8(12)7-9(13)11(4,5)6;;/h1-6,9-14H;2*7,12H,1-6H3;;/q-2;;;;/b;2*8-7-;;. The summed E-state index contributed by atoms with van der Waals surface area (Å²) >= 11 is 0. The Bertz CT molecular complexity index is 1880. The van der Waals surface area contributed by atoms with Crippen LogP contribution in [0.25, 0.3) is 44.5 Å². The monoisotopic (exact) mass is 1080 g/mol. The molecule has 2 N–H and O–H groups in total. The number of rotatable bonds is 4. The zero-order chi connectivity index (χ0) is 38.4. The Morgan fingerprint density at radius 2 is 0.925 bits per heavy atom. The molecule has 0 atom stereocenters. The molecule has 53 heavy (non-hydrogen) atoms. The van der Waals surface area contributed by atoms with E-state index in [2.05, 4.69) is 22.1 Å². The number of aliphatic hydroxyl groups excluding tert-OH is 2. The van der Waals surface area contributed by atoms with Crippen LogP contribution in [0.5, 0.6) is 0 Å². The zero-order valence-corrected chi connectivity index (χ0v) is 37.3. The van der Waals surface area contributed by atoms with Crippen molar-refractivity contribution in [3.63, 3.8) is 0 Å². The van der Waals surface area contributed by atoms with E-state index in [1.165, 1.54) is 12.2 Å². The molecule has 0 amide bonds. The Morgan fingerprint density at radius 3 is 1.19 bits per heavy atom. The van der Waals surface area contributed by atoms with E-state index in [4.69, 9.17) is 4.42 Å². The fourth-order valence-corrected chi connectivity index (χ4v) is 4.11. The smallest absolute Gasteiger partial charge is 0.164 e. The predicted molar refractivity (Wildman–Crippen MR) is 207 cm³/mol. The maximum atomic E-state index is 11.5. The zero-order valence-electron chi connectivity index (χ0n) is 32.7. The molecular weight excluding hydrogens is 1030 g/mol. The fraction of sp³-hybridized carbons (Fsp3) is 0.364. The number of ketones is 2. The van der Waals surface area contributed by atoms with Crippen molar-refractivity contribution in [2.45, 2.75) is 83.1 Å². The first-order chi connectivity index (χ1) is 23.5. The van der Waals surface area contributed by atoms with Crippen molar-refractivity contribution in [3.05, 3.63) is 109 Å². The minimum atomic E-state index is -0.417. The van der Waals surface area contributed by atoms with Crippen molar-refractivity contribution >= 4 is 33.5 Å². The van der Waals surface area contributed by atoms with Crippen LogP contribution < -0.4 is 0 Å². The van der Waals surface area contributed by atoms with Gasteiger partial charge in [0.05, 0.1) is 0 Å². The second-order valence-corrected chi connectivity index (χ2v) is 16.6. The summed E-state index contributed by atoms with van der Waals surface area (Å²) in [5.74, 6) is 0.208.